The van der Waals surface area contributed by atoms with Crippen molar-refractivity contribution in [3.05, 3.63) is 16.7 Å². The Kier molecular flexibility index (Phi) is 6.25. The van der Waals surface area contributed by atoms with Gasteiger partial charge in [-0.2, -0.15) is 0 Å². The second kappa shape index (κ2) is 7.70. The van der Waals surface area contributed by atoms with E-state index < -0.39 is 37.7 Å². The van der Waals surface area contributed by atoms with E-state index in [1.165, 1.54) is 18.3 Å². The van der Waals surface area contributed by atoms with Gasteiger partial charge in [-0.25, -0.2) is 4.98 Å². The maximum atomic E-state index is 11.6. The number of nitrogens with one attached hydrogen (secondary N) is 1. The summed E-state index contributed by atoms with van der Waals surface area (Å²) < 4.78 is 5.32. The maximum Gasteiger partial charge on any atom is 0.278 e. The third-order valence-electron chi connectivity index (χ3n) is 2.65. The van der Waals surface area contributed by atoms with Crippen molar-refractivity contribution >= 4 is 18.2 Å². The molecule has 0 unspecified atom stereocenters. The molecule has 0 fully saturated rings. The van der Waals surface area contributed by atoms with Gasteiger partial charge in [-0.3, -0.25) is 9.79 Å². The van der Waals surface area contributed by atoms with E-state index in [1.54, 1.807) is 0 Å². The van der Waals surface area contributed by atoms with Gasteiger partial charge in [0.15, 0.2) is 17.7 Å². The molecular weight excluding hydrogens is 268 g/mol. The van der Waals surface area contributed by atoms with Gasteiger partial charge in [-0.1, -0.05) is 0 Å². The maximum absolute atomic E-state index is 11.6. The summed E-state index contributed by atoms with van der Waals surface area (Å²) in [6, 6.07) is 0. The molecule has 112 valence electrons. The molecule has 0 radical (unpaired) electrons. The molecule has 0 saturated carbocycles. The SMILES string of the molecule is C=Nc1c(N(C)[C@@H](CO)OC(CO)CO)nc[nH]c1=O. The second-order valence-electron chi connectivity index (χ2n) is 3.93. The number of hydrogen-bond acceptors (Lipinski definition) is 8. The first kappa shape index (κ1) is 16.2. The molecule has 1 atom stereocenters. The van der Waals surface area contributed by atoms with Crippen LogP contribution in [0.15, 0.2) is 16.1 Å². The van der Waals surface area contributed by atoms with Gasteiger partial charge >= 0.3 is 0 Å². The summed E-state index contributed by atoms with van der Waals surface area (Å²) >= 11 is 0. The third-order valence-corrected chi connectivity index (χ3v) is 2.65. The number of aliphatic imine (C=N–C) groups is 1. The Morgan fingerprint density at radius 1 is 1.45 bits per heavy atom. The molecule has 0 bridgehead atoms. The topological polar surface area (TPSA) is 131 Å². The zero-order valence-corrected chi connectivity index (χ0v) is 11.1. The van der Waals surface area contributed by atoms with Gasteiger partial charge in [-0.15, -0.1) is 0 Å². The quantitative estimate of drug-likeness (QED) is 0.328. The van der Waals surface area contributed by atoms with E-state index in [-0.39, 0.29) is 11.5 Å². The molecule has 1 rings (SSSR count). The number of H-pyrrole nitrogens is 1. The van der Waals surface area contributed by atoms with E-state index in [1.807, 2.05) is 0 Å². The van der Waals surface area contributed by atoms with Crippen LogP contribution in [-0.2, 0) is 4.74 Å². The number of aliphatic hydroxyl groups is 3. The molecule has 0 aliphatic heterocycles. The van der Waals surface area contributed by atoms with E-state index in [0.717, 1.165) is 0 Å². The van der Waals surface area contributed by atoms with Gasteiger partial charge in [0.1, 0.15) is 6.10 Å². The number of rotatable bonds is 8. The molecular formula is C11H18N4O5. The lowest BCUT2D eigenvalue weighted by atomic mass is 10.3. The standard InChI is InChI=1S/C11H18N4O5/c1-12-9-10(13-6-14-11(9)19)15(2)8(5-18)20-7(3-16)4-17/h6-8,16-18H,1,3-5H2,2H3,(H,13,14,19)/t8-/m1/s1. The highest BCUT2D eigenvalue weighted by atomic mass is 16.5. The number of nitrogens with zero attached hydrogens (tertiary/aromatic N) is 3. The average molecular weight is 286 g/mol. The Labute approximate surface area is 115 Å². The Morgan fingerprint density at radius 3 is 2.60 bits per heavy atom. The van der Waals surface area contributed by atoms with Gasteiger partial charge in [0, 0.05) is 7.05 Å². The van der Waals surface area contributed by atoms with Crippen LogP contribution in [0.2, 0.25) is 0 Å². The molecule has 9 heteroatoms. The van der Waals surface area contributed by atoms with Crippen molar-refractivity contribution in [1.29, 1.82) is 0 Å². The van der Waals surface area contributed by atoms with Gasteiger partial charge < -0.3 is 29.9 Å². The van der Waals surface area contributed by atoms with Crippen molar-refractivity contribution in [3.8, 4) is 0 Å². The molecule has 1 heterocycles. The van der Waals surface area contributed by atoms with Crippen molar-refractivity contribution in [2.24, 2.45) is 4.99 Å². The highest BCUT2D eigenvalue weighted by Crippen LogP contribution is 2.22. The van der Waals surface area contributed by atoms with Crippen LogP contribution in [0.25, 0.3) is 0 Å². The summed E-state index contributed by atoms with van der Waals surface area (Å²) in [6.07, 6.45) is -0.571. The Balaban J connectivity index is 3.02. The van der Waals surface area contributed by atoms with Crippen LogP contribution >= 0.6 is 0 Å². The zero-order valence-electron chi connectivity index (χ0n) is 11.1. The lowest BCUT2D eigenvalue weighted by Crippen LogP contribution is -2.42. The molecule has 1 aromatic rings. The average Bonchev–Trinajstić information content (AvgIpc) is 2.47. The summed E-state index contributed by atoms with van der Waals surface area (Å²) in [5.74, 6) is 0.164. The summed E-state index contributed by atoms with van der Waals surface area (Å²) in [7, 11) is 1.53. The molecule has 0 aliphatic rings. The molecule has 0 amide bonds. The summed E-state index contributed by atoms with van der Waals surface area (Å²) in [5, 5.41) is 27.3. The van der Waals surface area contributed by atoms with Crippen LogP contribution in [0.3, 0.4) is 0 Å². The van der Waals surface area contributed by atoms with Crippen molar-refractivity contribution in [2.75, 3.05) is 31.8 Å². The second-order valence-corrected chi connectivity index (χ2v) is 3.93. The monoisotopic (exact) mass is 286 g/mol. The molecule has 1 aromatic heterocycles. The first-order chi connectivity index (χ1) is 9.58. The van der Waals surface area contributed by atoms with Crippen LogP contribution in [0.5, 0.6) is 0 Å². The Hall–Kier alpha value is -1.81. The number of hydrogen-bond donors (Lipinski definition) is 4. The lowest BCUT2D eigenvalue weighted by molar-refractivity contribution is -0.0785. The molecule has 0 saturated heterocycles. The molecule has 9 nitrogen and oxygen atoms in total. The first-order valence-corrected chi connectivity index (χ1v) is 5.84. The Bertz CT molecular complexity index is 488. The first-order valence-electron chi connectivity index (χ1n) is 5.84. The molecule has 20 heavy (non-hydrogen) atoms. The third kappa shape index (κ3) is 3.61. The lowest BCUT2D eigenvalue weighted by Gasteiger charge is -2.30. The van der Waals surface area contributed by atoms with Crippen LogP contribution in [0.1, 0.15) is 0 Å². The highest BCUT2D eigenvalue weighted by Gasteiger charge is 2.23. The van der Waals surface area contributed by atoms with E-state index in [9.17, 15) is 9.90 Å². The van der Waals surface area contributed by atoms with Crippen LogP contribution < -0.4 is 10.5 Å². The predicted molar refractivity (Wildman–Crippen MR) is 72.4 cm³/mol. The summed E-state index contributed by atoms with van der Waals surface area (Å²) in [4.78, 5) is 22.9. The molecule has 4 N–H and O–H groups in total. The van der Waals surface area contributed by atoms with E-state index in [0.29, 0.717) is 0 Å². The molecule has 0 aliphatic carbocycles. The van der Waals surface area contributed by atoms with E-state index in [2.05, 4.69) is 21.7 Å². The fourth-order valence-electron chi connectivity index (χ4n) is 1.54. The number of aromatic amines is 1. The smallest absolute Gasteiger partial charge is 0.278 e. The van der Waals surface area contributed by atoms with Crippen LogP contribution in [-0.4, -0.2) is 71.2 Å². The largest absolute Gasteiger partial charge is 0.394 e. The fraction of sp³-hybridized carbons (Fsp3) is 0.545. The number of likely N-dealkylation sites (N-methyl/N-ethyl adjacent to an activating group) is 1. The molecule has 0 spiro atoms. The number of aliphatic hydroxyl groups excluding tert-OH is 3. The highest BCUT2D eigenvalue weighted by molar-refractivity contribution is 5.63. The van der Waals surface area contributed by atoms with E-state index in [4.69, 9.17) is 14.9 Å². The number of anilines is 1. The summed E-state index contributed by atoms with van der Waals surface area (Å²) in [6.45, 7) is 2.05. The zero-order chi connectivity index (χ0) is 15.1. The van der Waals surface area contributed by atoms with Crippen LogP contribution in [0, 0.1) is 0 Å². The minimum Gasteiger partial charge on any atom is -0.394 e. The summed E-state index contributed by atoms with van der Waals surface area (Å²) in [5.41, 5.74) is -0.490. The minimum atomic E-state index is -0.908. The van der Waals surface area contributed by atoms with Gasteiger partial charge in [0.05, 0.1) is 26.1 Å². The fourth-order valence-corrected chi connectivity index (χ4v) is 1.54. The van der Waals surface area contributed by atoms with Crippen molar-refractivity contribution < 1.29 is 20.1 Å². The van der Waals surface area contributed by atoms with Crippen molar-refractivity contribution in [3.63, 3.8) is 0 Å². The normalized spacial score (nSPS) is 12.4. The van der Waals surface area contributed by atoms with Crippen LogP contribution in [0.4, 0.5) is 11.5 Å². The van der Waals surface area contributed by atoms with Crippen molar-refractivity contribution in [1.82, 2.24) is 9.97 Å². The number of ether oxygens (including phenoxy) is 1. The Morgan fingerprint density at radius 2 is 2.10 bits per heavy atom. The minimum absolute atomic E-state index is 0.0124. The molecule has 0 aromatic carbocycles. The van der Waals surface area contributed by atoms with Gasteiger partial charge in [0.2, 0.25) is 0 Å². The van der Waals surface area contributed by atoms with E-state index >= 15 is 0 Å². The number of aromatic nitrogens is 2. The van der Waals surface area contributed by atoms with Gasteiger partial charge in [-0.05, 0) is 6.72 Å². The van der Waals surface area contributed by atoms with Crippen molar-refractivity contribution in [2.45, 2.75) is 12.3 Å². The predicted octanol–water partition coefficient (Wildman–Crippen LogP) is -1.77. The van der Waals surface area contributed by atoms with Gasteiger partial charge in [0.25, 0.3) is 5.56 Å².